The van der Waals surface area contributed by atoms with Crippen molar-refractivity contribution in [3.8, 4) is 5.75 Å². The molecule has 0 aliphatic rings. The number of hydrogen-bond acceptors (Lipinski definition) is 1. The largest absolute Gasteiger partial charge is 0.573 e. The molecule has 0 aromatic heterocycles. The van der Waals surface area contributed by atoms with Gasteiger partial charge in [0.15, 0.2) is 0 Å². The summed E-state index contributed by atoms with van der Waals surface area (Å²) >= 11 is 0. The van der Waals surface area contributed by atoms with Crippen molar-refractivity contribution < 1.29 is 17.9 Å². The molecule has 0 saturated heterocycles. The highest BCUT2D eigenvalue weighted by molar-refractivity contribution is 5.37. The van der Waals surface area contributed by atoms with Crippen LogP contribution >= 0.6 is 0 Å². The third-order valence-electron chi connectivity index (χ3n) is 1.86. The molecule has 1 nitrogen and oxygen atoms in total. The Kier molecular flexibility index (Phi) is 2.98. The van der Waals surface area contributed by atoms with Gasteiger partial charge in [-0.15, -0.1) is 13.2 Å². The summed E-state index contributed by atoms with van der Waals surface area (Å²) in [5, 5.41) is 0. The van der Waals surface area contributed by atoms with Crippen LogP contribution in [0.15, 0.2) is 18.2 Å². The third-order valence-corrected chi connectivity index (χ3v) is 1.86. The molecule has 0 fully saturated rings. The first kappa shape index (κ1) is 11.9. The van der Waals surface area contributed by atoms with Gasteiger partial charge >= 0.3 is 6.36 Å². The summed E-state index contributed by atoms with van der Waals surface area (Å²) in [6.45, 7) is 5.47. The molecule has 1 radical (unpaired) electrons. The van der Waals surface area contributed by atoms with Gasteiger partial charge in [-0.1, -0.05) is 32.9 Å². The highest BCUT2D eigenvalue weighted by Crippen LogP contribution is 2.33. The fourth-order valence-electron chi connectivity index (χ4n) is 1.24. The fraction of sp³-hybridized carbons (Fsp3) is 0.455. The Hall–Kier alpha value is -1.19. The first-order chi connectivity index (χ1) is 6.70. The van der Waals surface area contributed by atoms with Gasteiger partial charge < -0.3 is 4.74 Å². The predicted octanol–water partition coefficient (Wildman–Crippen LogP) is 3.68. The lowest BCUT2D eigenvalue weighted by Crippen LogP contribution is -2.21. The Morgan fingerprint density at radius 3 is 2.27 bits per heavy atom. The van der Waals surface area contributed by atoms with Crippen molar-refractivity contribution in [1.82, 2.24) is 0 Å². The Morgan fingerprint density at radius 2 is 1.80 bits per heavy atom. The molecule has 0 unspecified atom stereocenters. The molecule has 1 rings (SSSR count). The molecule has 4 heteroatoms. The van der Waals surface area contributed by atoms with Crippen LogP contribution in [0.2, 0.25) is 0 Å². The standard InChI is InChI=1S/C11H12F3O/c1-10(2,3)8-6-4-5-7-9(8)15-11(12,13)14/h4,6-7H,1-3H3. The molecule has 1 aromatic rings. The number of alkyl halides is 3. The highest BCUT2D eigenvalue weighted by atomic mass is 19.4. The molecule has 0 aliphatic heterocycles. The summed E-state index contributed by atoms with van der Waals surface area (Å²) in [4.78, 5) is 0. The van der Waals surface area contributed by atoms with Crippen LogP contribution in [-0.4, -0.2) is 6.36 Å². The van der Waals surface area contributed by atoms with Gasteiger partial charge in [0.1, 0.15) is 5.75 Å². The fourth-order valence-corrected chi connectivity index (χ4v) is 1.24. The van der Waals surface area contributed by atoms with Gasteiger partial charge in [0.2, 0.25) is 0 Å². The van der Waals surface area contributed by atoms with Crippen molar-refractivity contribution >= 4 is 0 Å². The molecule has 0 saturated carbocycles. The summed E-state index contributed by atoms with van der Waals surface area (Å²) in [7, 11) is 0. The van der Waals surface area contributed by atoms with Gasteiger partial charge in [0.25, 0.3) is 0 Å². The average Bonchev–Trinajstić information content (AvgIpc) is 1.99. The first-order valence-corrected chi connectivity index (χ1v) is 4.46. The van der Waals surface area contributed by atoms with E-state index < -0.39 is 11.8 Å². The molecule has 83 valence electrons. The van der Waals surface area contributed by atoms with Crippen LogP contribution in [-0.2, 0) is 5.41 Å². The molecule has 0 N–H and O–H groups in total. The van der Waals surface area contributed by atoms with Crippen molar-refractivity contribution in [2.75, 3.05) is 0 Å². The average molecular weight is 217 g/mol. The van der Waals surface area contributed by atoms with E-state index in [1.54, 1.807) is 12.1 Å². The van der Waals surface area contributed by atoms with Crippen LogP contribution in [0.3, 0.4) is 0 Å². The molecule has 1 aromatic carbocycles. The quantitative estimate of drug-likeness (QED) is 0.697. The minimum Gasteiger partial charge on any atom is -0.405 e. The minimum atomic E-state index is -4.66. The zero-order valence-corrected chi connectivity index (χ0v) is 8.77. The number of hydrogen-bond donors (Lipinski definition) is 0. The van der Waals surface area contributed by atoms with Crippen LogP contribution in [0.5, 0.6) is 5.75 Å². The number of ether oxygens (including phenoxy) is 1. The van der Waals surface area contributed by atoms with Gasteiger partial charge in [-0.05, 0) is 23.1 Å². The first-order valence-electron chi connectivity index (χ1n) is 4.46. The van der Waals surface area contributed by atoms with E-state index in [-0.39, 0.29) is 5.75 Å². The van der Waals surface area contributed by atoms with Crippen molar-refractivity contribution in [2.24, 2.45) is 0 Å². The lowest BCUT2D eigenvalue weighted by atomic mass is 9.86. The molecule has 0 bridgehead atoms. The monoisotopic (exact) mass is 217 g/mol. The summed E-state index contributed by atoms with van der Waals surface area (Å²) in [6, 6.07) is 6.93. The van der Waals surface area contributed by atoms with Gasteiger partial charge in [0, 0.05) is 0 Å². The second-order valence-corrected chi connectivity index (χ2v) is 4.22. The van der Waals surface area contributed by atoms with Gasteiger partial charge in [0.05, 0.1) is 0 Å². The zero-order valence-electron chi connectivity index (χ0n) is 8.77. The van der Waals surface area contributed by atoms with Crippen molar-refractivity contribution in [3.63, 3.8) is 0 Å². The smallest absolute Gasteiger partial charge is 0.405 e. The van der Waals surface area contributed by atoms with E-state index in [4.69, 9.17) is 0 Å². The maximum absolute atomic E-state index is 12.1. The normalized spacial score (nSPS) is 12.7. The lowest BCUT2D eigenvalue weighted by Gasteiger charge is -2.22. The Labute approximate surface area is 86.9 Å². The Morgan fingerprint density at radius 1 is 1.20 bits per heavy atom. The van der Waals surface area contributed by atoms with E-state index in [0.717, 1.165) is 0 Å². The molecule has 0 atom stereocenters. The second kappa shape index (κ2) is 3.76. The lowest BCUT2D eigenvalue weighted by molar-refractivity contribution is -0.275. The number of halogens is 3. The number of rotatable bonds is 1. The van der Waals surface area contributed by atoms with E-state index >= 15 is 0 Å². The van der Waals surface area contributed by atoms with Gasteiger partial charge in [-0.3, -0.25) is 0 Å². The van der Waals surface area contributed by atoms with Crippen LogP contribution in [0.4, 0.5) is 13.2 Å². The molecular weight excluding hydrogens is 205 g/mol. The van der Waals surface area contributed by atoms with Gasteiger partial charge in [-0.25, -0.2) is 0 Å². The van der Waals surface area contributed by atoms with Crippen molar-refractivity contribution in [3.05, 3.63) is 29.8 Å². The summed E-state index contributed by atoms with van der Waals surface area (Å²) in [5.74, 6) is -0.183. The van der Waals surface area contributed by atoms with E-state index in [1.165, 1.54) is 6.07 Å². The highest BCUT2D eigenvalue weighted by Gasteiger charge is 2.33. The minimum absolute atomic E-state index is 0.183. The SMILES string of the molecule is CC(C)(C)c1cc[c]cc1OC(F)(F)F. The summed E-state index contributed by atoms with van der Waals surface area (Å²) in [5.41, 5.74) is 0.119. The zero-order chi connectivity index (χ0) is 11.7. The molecule has 0 amide bonds. The van der Waals surface area contributed by atoms with E-state index in [0.29, 0.717) is 5.56 Å². The van der Waals surface area contributed by atoms with E-state index in [1.807, 2.05) is 20.8 Å². The maximum atomic E-state index is 12.1. The molecule has 0 spiro atoms. The molecule has 15 heavy (non-hydrogen) atoms. The summed E-state index contributed by atoms with van der Waals surface area (Å²) < 4.78 is 40.1. The predicted molar refractivity (Wildman–Crippen MR) is 50.7 cm³/mol. The maximum Gasteiger partial charge on any atom is 0.573 e. The second-order valence-electron chi connectivity index (χ2n) is 4.22. The Bertz CT molecular complexity index is 336. The van der Waals surface area contributed by atoms with Crippen molar-refractivity contribution in [1.29, 1.82) is 0 Å². The van der Waals surface area contributed by atoms with Crippen LogP contribution < -0.4 is 4.74 Å². The van der Waals surface area contributed by atoms with Crippen LogP contribution in [0.25, 0.3) is 0 Å². The van der Waals surface area contributed by atoms with Crippen LogP contribution in [0.1, 0.15) is 26.3 Å². The van der Waals surface area contributed by atoms with Crippen molar-refractivity contribution in [2.45, 2.75) is 32.5 Å². The number of benzene rings is 1. The van der Waals surface area contributed by atoms with Crippen LogP contribution in [0, 0.1) is 6.07 Å². The third kappa shape index (κ3) is 3.46. The topological polar surface area (TPSA) is 9.23 Å². The molecular formula is C11H12F3O. The van der Waals surface area contributed by atoms with Gasteiger partial charge in [-0.2, -0.15) is 0 Å². The van der Waals surface area contributed by atoms with E-state index in [9.17, 15) is 13.2 Å². The Balaban J connectivity index is 3.08. The molecule has 0 heterocycles. The summed E-state index contributed by atoms with van der Waals surface area (Å²) in [6.07, 6.45) is -4.66. The van der Waals surface area contributed by atoms with E-state index in [2.05, 4.69) is 10.8 Å². The molecule has 0 aliphatic carbocycles.